The maximum absolute atomic E-state index is 11.3. The third-order valence-electron chi connectivity index (χ3n) is 2.07. The molecule has 0 fully saturated rings. The summed E-state index contributed by atoms with van der Waals surface area (Å²) in [5.74, 6) is -0.203. The van der Waals surface area contributed by atoms with E-state index in [1.807, 2.05) is 19.1 Å². The van der Waals surface area contributed by atoms with Gasteiger partial charge in [-0.3, -0.25) is 4.79 Å². The largest absolute Gasteiger partial charge is 0.389 e. The Morgan fingerprint density at radius 3 is 2.81 bits per heavy atom. The lowest BCUT2D eigenvalue weighted by Gasteiger charge is -2.09. The number of methoxy groups -OCH3 is 1. The summed E-state index contributed by atoms with van der Waals surface area (Å²) in [4.78, 5) is 11.7. The van der Waals surface area contributed by atoms with Crippen LogP contribution < -0.4 is 11.1 Å². The van der Waals surface area contributed by atoms with Gasteiger partial charge in [0, 0.05) is 18.4 Å². The summed E-state index contributed by atoms with van der Waals surface area (Å²) >= 11 is 4.87. The van der Waals surface area contributed by atoms with Gasteiger partial charge in [-0.05, 0) is 18.6 Å². The summed E-state index contributed by atoms with van der Waals surface area (Å²) in [6.45, 7) is 1.92. The number of anilines is 1. The molecule has 0 bridgehead atoms. The Labute approximate surface area is 99.8 Å². The molecule has 0 aromatic heterocycles. The molecule has 0 spiro atoms. The number of thiocarbonyl (C=S) groups is 1. The van der Waals surface area contributed by atoms with E-state index in [2.05, 4.69) is 5.32 Å². The van der Waals surface area contributed by atoms with E-state index in [4.69, 9.17) is 22.7 Å². The molecule has 1 rings (SSSR count). The van der Waals surface area contributed by atoms with Crippen molar-refractivity contribution >= 4 is 28.8 Å². The number of ether oxygens (including phenoxy) is 1. The molecule has 0 saturated heterocycles. The van der Waals surface area contributed by atoms with Crippen LogP contribution >= 0.6 is 12.2 Å². The van der Waals surface area contributed by atoms with Crippen molar-refractivity contribution in [3.8, 4) is 0 Å². The summed E-state index contributed by atoms with van der Waals surface area (Å²) in [6, 6.07) is 5.44. The first-order valence-corrected chi connectivity index (χ1v) is 5.14. The van der Waals surface area contributed by atoms with Crippen molar-refractivity contribution in [1.82, 2.24) is 0 Å². The zero-order valence-electron chi connectivity index (χ0n) is 9.24. The second kappa shape index (κ2) is 5.58. The van der Waals surface area contributed by atoms with Gasteiger partial charge in [-0.1, -0.05) is 24.4 Å². The lowest BCUT2D eigenvalue weighted by atomic mass is 10.1. The van der Waals surface area contributed by atoms with Gasteiger partial charge in [0.2, 0.25) is 5.91 Å². The van der Waals surface area contributed by atoms with E-state index in [0.717, 1.165) is 11.1 Å². The van der Waals surface area contributed by atoms with Crippen molar-refractivity contribution in [1.29, 1.82) is 0 Å². The second-order valence-corrected chi connectivity index (χ2v) is 3.81. The van der Waals surface area contributed by atoms with Crippen molar-refractivity contribution in [3.63, 3.8) is 0 Å². The Bertz CT molecular complexity index is 418. The van der Waals surface area contributed by atoms with Gasteiger partial charge in [0.15, 0.2) is 0 Å². The van der Waals surface area contributed by atoms with Gasteiger partial charge in [0.05, 0.1) is 0 Å². The van der Waals surface area contributed by atoms with Crippen LogP contribution in [0.4, 0.5) is 5.69 Å². The van der Waals surface area contributed by atoms with Crippen LogP contribution in [0.1, 0.15) is 11.1 Å². The van der Waals surface area contributed by atoms with Crippen molar-refractivity contribution < 1.29 is 9.53 Å². The fourth-order valence-corrected chi connectivity index (χ4v) is 1.35. The van der Waals surface area contributed by atoms with Crippen LogP contribution in [0.15, 0.2) is 18.2 Å². The van der Waals surface area contributed by atoms with Crippen molar-refractivity contribution in [2.24, 2.45) is 5.73 Å². The van der Waals surface area contributed by atoms with Gasteiger partial charge >= 0.3 is 0 Å². The van der Waals surface area contributed by atoms with Crippen molar-refractivity contribution in [3.05, 3.63) is 29.3 Å². The molecular formula is C11H14N2O2S. The molecule has 0 aliphatic carbocycles. The predicted molar refractivity (Wildman–Crippen MR) is 67.6 cm³/mol. The first kappa shape index (κ1) is 12.6. The van der Waals surface area contributed by atoms with E-state index in [0.29, 0.717) is 10.7 Å². The second-order valence-electron chi connectivity index (χ2n) is 3.38. The van der Waals surface area contributed by atoms with Gasteiger partial charge < -0.3 is 15.8 Å². The monoisotopic (exact) mass is 238 g/mol. The molecular weight excluding hydrogens is 224 g/mol. The average Bonchev–Trinajstić information content (AvgIpc) is 2.21. The van der Waals surface area contributed by atoms with Gasteiger partial charge in [0.1, 0.15) is 11.6 Å². The number of benzene rings is 1. The Morgan fingerprint density at radius 1 is 1.56 bits per heavy atom. The summed E-state index contributed by atoms with van der Waals surface area (Å²) in [6.07, 6.45) is 0. The molecule has 1 amide bonds. The molecule has 1 aromatic carbocycles. The number of aryl methyl sites for hydroxylation is 1. The number of carbonyl (C=O) groups excluding carboxylic acids is 1. The quantitative estimate of drug-likeness (QED) is 0.774. The highest BCUT2D eigenvalue weighted by atomic mass is 32.1. The van der Waals surface area contributed by atoms with Gasteiger partial charge in [0.25, 0.3) is 0 Å². The molecule has 3 N–H and O–H groups in total. The van der Waals surface area contributed by atoms with E-state index in [1.165, 1.54) is 7.11 Å². The predicted octanol–water partition coefficient (Wildman–Crippen LogP) is 1.21. The minimum atomic E-state index is -0.203. The average molecular weight is 238 g/mol. The molecule has 0 unspecified atom stereocenters. The zero-order valence-corrected chi connectivity index (χ0v) is 10.1. The van der Waals surface area contributed by atoms with Crippen LogP contribution in [-0.2, 0) is 9.53 Å². The molecule has 0 radical (unpaired) electrons. The van der Waals surface area contributed by atoms with E-state index in [1.54, 1.807) is 6.07 Å². The topological polar surface area (TPSA) is 64.3 Å². The molecule has 5 heteroatoms. The Kier molecular flexibility index (Phi) is 4.39. The van der Waals surface area contributed by atoms with E-state index in [-0.39, 0.29) is 12.5 Å². The summed E-state index contributed by atoms with van der Waals surface area (Å²) in [5, 5.41) is 2.73. The first-order chi connectivity index (χ1) is 7.54. The molecule has 86 valence electrons. The zero-order chi connectivity index (χ0) is 12.1. The Morgan fingerprint density at radius 2 is 2.25 bits per heavy atom. The highest BCUT2D eigenvalue weighted by Gasteiger charge is 2.06. The normalized spacial score (nSPS) is 9.88. The van der Waals surface area contributed by atoms with Crippen molar-refractivity contribution in [2.45, 2.75) is 6.92 Å². The maximum Gasteiger partial charge on any atom is 0.250 e. The van der Waals surface area contributed by atoms with Crippen molar-refractivity contribution in [2.75, 3.05) is 19.0 Å². The molecule has 0 atom stereocenters. The highest BCUT2D eigenvalue weighted by Crippen LogP contribution is 2.16. The number of nitrogens with one attached hydrogen (secondary N) is 1. The highest BCUT2D eigenvalue weighted by molar-refractivity contribution is 7.80. The molecule has 1 aromatic rings. The van der Waals surface area contributed by atoms with Crippen LogP contribution in [0.5, 0.6) is 0 Å². The molecule has 0 aliphatic heterocycles. The number of amides is 1. The number of hydrogen-bond acceptors (Lipinski definition) is 3. The fraction of sp³-hybridized carbons (Fsp3) is 0.273. The maximum atomic E-state index is 11.3. The summed E-state index contributed by atoms with van der Waals surface area (Å²) in [5.41, 5.74) is 7.90. The SMILES string of the molecule is COCC(=O)Nc1cc(C(N)=S)ccc1C. The third kappa shape index (κ3) is 3.29. The van der Waals surface area contributed by atoms with Gasteiger partial charge in [-0.25, -0.2) is 0 Å². The van der Waals surface area contributed by atoms with E-state index >= 15 is 0 Å². The minimum Gasteiger partial charge on any atom is -0.389 e. The molecule has 0 aliphatic rings. The van der Waals surface area contributed by atoms with Crippen LogP contribution in [-0.4, -0.2) is 24.6 Å². The molecule has 0 heterocycles. The van der Waals surface area contributed by atoms with Gasteiger partial charge in [-0.2, -0.15) is 0 Å². The third-order valence-corrected chi connectivity index (χ3v) is 2.31. The summed E-state index contributed by atoms with van der Waals surface area (Å²) in [7, 11) is 1.47. The first-order valence-electron chi connectivity index (χ1n) is 4.74. The lowest BCUT2D eigenvalue weighted by molar-refractivity contribution is -0.119. The Hall–Kier alpha value is -1.46. The minimum absolute atomic E-state index is 0.0245. The number of nitrogens with two attached hydrogens (primary N) is 1. The Balaban J connectivity index is 2.90. The standard InChI is InChI=1S/C11H14N2O2S/c1-7-3-4-8(11(12)16)5-9(7)13-10(14)6-15-2/h3-5H,6H2,1-2H3,(H2,12,16)(H,13,14). The molecule has 4 nitrogen and oxygen atoms in total. The lowest BCUT2D eigenvalue weighted by Crippen LogP contribution is -2.18. The van der Waals surface area contributed by atoms with Gasteiger partial charge in [-0.15, -0.1) is 0 Å². The van der Waals surface area contributed by atoms with Crippen LogP contribution in [0, 0.1) is 6.92 Å². The van der Waals surface area contributed by atoms with Crippen LogP contribution in [0.25, 0.3) is 0 Å². The number of carbonyl (C=O) groups is 1. The van der Waals surface area contributed by atoms with Crippen LogP contribution in [0.3, 0.4) is 0 Å². The fourth-order valence-electron chi connectivity index (χ4n) is 1.23. The van der Waals surface area contributed by atoms with Crippen LogP contribution in [0.2, 0.25) is 0 Å². The smallest absolute Gasteiger partial charge is 0.250 e. The summed E-state index contributed by atoms with van der Waals surface area (Å²) < 4.78 is 4.73. The molecule has 0 saturated carbocycles. The molecule has 16 heavy (non-hydrogen) atoms. The number of hydrogen-bond donors (Lipinski definition) is 2. The van der Waals surface area contributed by atoms with E-state index < -0.39 is 0 Å². The van der Waals surface area contributed by atoms with E-state index in [9.17, 15) is 4.79 Å². The number of rotatable bonds is 4.